The normalized spacial score (nSPS) is 33.5. The SMILES string of the molecule is C=C(C)CCC(C)C1CCC(C)C(CC(C)CCC)[C@H](C)CC(CCC)CCC1C. The second kappa shape index (κ2) is 14.7. The van der Waals surface area contributed by atoms with Gasteiger partial charge < -0.3 is 0 Å². The molecule has 1 aliphatic rings. The van der Waals surface area contributed by atoms with Gasteiger partial charge in [0, 0.05) is 0 Å². The fraction of sp³-hybridized carbons (Fsp3) is 0.933. The third-order valence-electron chi connectivity index (χ3n) is 8.79. The molecule has 1 rings (SSSR count). The van der Waals surface area contributed by atoms with Gasteiger partial charge in [-0.3, -0.25) is 0 Å². The molecule has 0 heterocycles. The number of hydrogen-bond donors (Lipinski definition) is 0. The standard InChI is InChI=1S/C30H58/c1-10-12-23(5)20-30-26(8)17-19-29(24(6)15-14-22(3)4)25(7)16-18-28(13-11-2)21-27(30)9/h23-30H,3,10-21H2,1-2,4-9H3/t23?,24?,25?,26?,27-,28?,29?,30?/m1/s1. The van der Waals surface area contributed by atoms with Crippen molar-refractivity contribution in [2.45, 2.75) is 132 Å². The van der Waals surface area contributed by atoms with Crippen LogP contribution in [-0.4, -0.2) is 0 Å². The predicted octanol–water partition coefficient (Wildman–Crippen LogP) is 10.3. The van der Waals surface area contributed by atoms with Crippen molar-refractivity contribution in [3.63, 3.8) is 0 Å². The largest absolute Gasteiger partial charge is 0.100 e. The van der Waals surface area contributed by atoms with E-state index in [2.05, 4.69) is 62.0 Å². The molecule has 0 bridgehead atoms. The number of rotatable bonds is 10. The van der Waals surface area contributed by atoms with Gasteiger partial charge in [-0.1, -0.05) is 99.0 Å². The first-order chi connectivity index (χ1) is 14.2. The number of hydrogen-bond acceptors (Lipinski definition) is 0. The Morgan fingerprint density at radius 3 is 2.13 bits per heavy atom. The molecule has 0 radical (unpaired) electrons. The molecule has 1 fully saturated rings. The Hall–Kier alpha value is -0.260. The van der Waals surface area contributed by atoms with Crippen molar-refractivity contribution >= 4 is 0 Å². The highest BCUT2D eigenvalue weighted by Crippen LogP contribution is 2.42. The summed E-state index contributed by atoms with van der Waals surface area (Å²) in [5, 5.41) is 0. The Morgan fingerprint density at radius 1 is 0.867 bits per heavy atom. The summed E-state index contributed by atoms with van der Waals surface area (Å²) >= 11 is 0. The van der Waals surface area contributed by atoms with Crippen molar-refractivity contribution in [1.82, 2.24) is 0 Å². The van der Waals surface area contributed by atoms with E-state index in [1.54, 1.807) is 0 Å². The zero-order valence-corrected chi connectivity index (χ0v) is 22.3. The van der Waals surface area contributed by atoms with Gasteiger partial charge in [-0.2, -0.15) is 0 Å². The molecule has 0 saturated heterocycles. The third-order valence-corrected chi connectivity index (χ3v) is 8.79. The van der Waals surface area contributed by atoms with Crippen molar-refractivity contribution in [2.75, 3.05) is 0 Å². The summed E-state index contributed by atoms with van der Waals surface area (Å²) in [6.45, 7) is 24.0. The van der Waals surface area contributed by atoms with Gasteiger partial charge in [0.05, 0.1) is 0 Å². The lowest BCUT2D eigenvalue weighted by Crippen LogP contribution is -2.25. The first-order valence-electron chi connectivity index (χ1n) is 13.8. The maximum Gasteiger partial charge on any atom is -0.0323 e. The summed E-state index contributed by atoms with van der Waals surface area (Å²) in [7, 11) is 0. The molecule has 30 heavy (non-hydrogen) atoms. The minimum atomic E-state index is 0.837. The van der Waals surface area contributed by atoms with Crippen molar-refractivity contribution in [1.29, 1.82) is 0 Å². The summed E-state index contributed by atoms with van der Waals surface area (Å²) in [5.74, 6) is 7.15. The van der Waals surface area contributed by atoms with Crippen molar-refractivity contribution < 1.29 is 0 Å². The number of allylic oxidation sites excluding steroid dienone is 1. The van der Waals surface area contributed by atoms with E-state index >= 15 is 0 Å². The molecular weight excluding hydrogens is 360 g/mol. The molecule has 1 saturated carbocycles. The van der Waals surface area contributed by atoms with E-state index in [-0.39, 0.29) is 0 Å². The minimum absolute atomic E-state index is 0.837. The van der Waals surface area contributed by atoms with Crippen LogP contribution in [-0.2, 0) is 0 Å². The van der Waals surface area contributed by atoms with E-state index < -0.39 is 0 Å². The topological polar surface area (TPSA) is 0 Å². The molecule has 0 aromatic carbocycles. The van der Waals surface area contributed by atoms with Crippen molar-refractivity contribution in [3.05, 3.63) is 12.2 Å². The fourth-order valence-electron chi connectivity index (χ4n) is 6.79. The molecule has 0 amide bonds. The first kappa shape index (κ1) is 27.8. The highest BCUT2D eigenvalue weighted by molar-refractivity contribution is 4.89. The fourth-order valence-corrected chi connectivity index (χ4v) is 6.79. The van der Waals surface area contributed by atoms with Crippen LogP contribution in [0.1, 0.15) is 132 Å². The van der Waals surface area contributed by atoms with E-state index in [0.717, 1.165) is 47.3 Å². The summed E-state index contributed by atoms with van der Waals surface area (Å²) in [4.78, 5) is 0. The molecule has 0 heteroatoms. The smallest absolute Gasteiger partial charge is 0.0323 e. The minimum Gasteiger partial charge on any atom is -0.100 e. The molecule has 8 atom stereocenters. The maximum atomic E-state index is 4.17. The zero-order chi connectivity index (χ0) is 22.7. The Labute approximate surface area is 192 Å². The van der Waals surface area contributed by atoms with Crippen LogP contribution in [0.4, 0.5) is 0 Å². The van der Waals surface area contributed by atoms with Crippen LogP contribution < -0.4 is 0 Å². The van der Waals surface area contributed by atoms with Gasteiger partial charge in [-0.15, -0.1) is 6.58 Å². The van der Waals surface area contributed by atoms with Gasteiger partial charge >= 0.3 is 0 Å². The van der Waals surface area contributed by atoms with Crippen molar-refractivity contribution in [3.8, 4) is 0 Å². The van der Waals surface area contributed by atoms with Gasteiger partial charge in [-0.25, -0.2) is 0 Å². The molecule has 0 N–H and O–H groups in total. The Kier molecular flexibility index (Phi) is 13.6. The lowest BCUT2D eigenvalue weighted by molar-refractivity contribution is 0.157. The predicted molar refractivity (Wildman–Crippen MR) is 138 cm³/mol. The van der Waals surface area contributed by atoms with Crippen LogP contribution in [0, 0.1) is 47.3 Å². The average Bonchev–Trinajstić information content (AvgIpc) is 2.69. The molecule has 0 aliphatic heterocycles. The van der Waals surface area contributed by atoms with Crippen LogP contribution in [0.5, 0.6) is 0 Å². The Balaban J connectivity index is 3.00. The van der Waals surface area contributed by atoms with Crippen LogP contribution in [0.2, 0.25) is 0 Å². The van der Waals surface area contributed by atoms with Crippen LogP contribution in [0.15, 0.2) is 12.2 Å². The van der Waals surface area contributed by atoms with E-state index in [0.29, 0.717) is 0 Å². The quantitative estimate of drug-likeness (QED) is 0.309. The van der Waals surface area contributed by atoms with E-state index in [1.165, 1.54) is 82.6 Å². The molecule has 178 valence electrons. The summed E-state index contributed by atoms with van der Waals surface area (Å²) in [6, 6.07) is 0. The molecule has 0 aromatic rings. The first-order valence-corrected chi connectivity index (χ1v) is 13.8. The lowest BCUT2D eigenvalue weighted by atomic mass is 9.71. The molecule has 0 spiro atoms. The zero-order valence-electron chi connectivity index (χ0n) is 22.3. The van der Waals surface area contributed by atoms with E-state index in [1.807, 2.05) is 0 Å². The molecular formula is C30H58. The van der Waals surface area contributed by atoms with Crippen molar-refractivity contribution in [2.24, 2.45) is 47.3 Å². The van der Waals surface area contributed by atoms with Gasteiger partial charge in [0.25, 0.3) is 0 Å². The van der Waals surface area contributed by atoms with E-state index in [9.17, 15) is 0 Å². The Bertz CT molecular complexity index is 449. The van der Waals surface area contributed by atoms with Gasteiger partial charge in [0.2, 0.25) is 0 Å². The van der Waals surface area contributed by atoms with Crippen LogP contribution in [0.25, 0.3) is 0 Å². The molecule has 1 aliphatic carbocycles. The second-order valence-corrected chi connectivity index (χ2v) is 11.9. The monoisotopic (exact) mass is 418 g/mol. The van der Waals surface area contributed by atoms with Gasteiger partial charge in [0.1, 0.15) is 0 Å². The lowest BCUT2D eigenvalue weighted by Gasteiger charge is -2.35. The van der Waals surface area contributed by atoms with E-state index in [4.69, 9.17) is 0 Å². The maximum absolute atomic E-state index is 4.17. The van der Waals surface area contributed by atoms with Crippen LogP contribution in [0.3, 0.4) is 0 Å². The summed E-state index contributed by atoms with van der Waals surface area (Å²) in [5.41, 5.74) is 1.36. The highest BCUT2D eigenvalue weighted by atomic mass is 14.4. The molecule has 0 nitrogen and oxygen atoms in total. The van der Waals surface area contributed by atoms with Crippen LogP contribution >= 0.6 is 0 Å². The third kappa shape index (κ3) is 9.91. The summed E-state index contributed by atoms with van der Waals surface area (Å²) in [6.07, 6.45) is 16.8. The second-order valence-electron chi connectivity index (χ2n) is 11.9. The Morgan fingerprint density at radius 2 is 1.53 bits per heavy atom. The average molecular weight is 419 g/mol. The van der Waals surface area contributed by atoms with Gasteiger partial charge in [-0.05, 0) is 86.4 Å². The molecule has 0 aromatic heterocycles. The summed E-state index contributed by atoms with van der Waals surface area (Å²) < 4.78 is 0. The highest BCUT2D eigenvalue weighted by Gasteiger charge is 2.31. The molecule has 7 unspecified atom stereocenters. The van der Waals surface area contributed by atoms with Gasteiger partial charge in [0.15, 0.2) is 0 Å².